The Bertz CT molecular complexity index is 1890. The molecule has 2 heterocycles. The lowest BCUT2D eigenvalue weighted by molar-refractivity contribution is 0.0903. The average Bonchev–Trinajstić information content (AvgIpc) is 3.14. The number of benzene rings is 3. The van der Waals surface area contributed by atoms with Crippen LogP contribution in [0.15, 0.2) is 82.6 Å². The van der Waals surface area contributed by atoms with Crippen molar-refractivity contribution in [1.29, 1.82) is 0 Å². The Morgan fingerprint density at radius 3 is 2.60 bits per heavy atom. The van der Waals surface area contributed by atoms with Gasteiger partial charge in [-0.3, -0.25) is 9.59 Å². The molecule has 248 valence electrons. The van der Waals surface area contributed by atoms with E-state index in [1.165, 1.54) is 4.57 Å². The molecule has 2 unspecified atom stereocenters. The van der Waals surface area contributed by atoms with E-state index in [4.69, 9.17) is 10.5 Å². The highest BCUT2D eigenvalue weighted by Gasteiger charge is 2.36. The average molecular weight is 656 g/mol. The minimum absolute atomic E-state index is 0.0745. The number of nitrogens with one attached hydrogen (secondary N) is 2. The molecule has 1 aromatic heterocycles. The van der Waals surface area contributed by atoms with Gasteiger partial charge in [0.2, 0.25) is 0 Å². The van der Waals surface area contributed by atoms with Gasteiger partial charge in [0.15, 0.2) is 0 Å². The highest BCUT2D eigenvalue weighted by molar-refractivity contribution is 7.82. The molecule has 3 aromatic carbocycles. The van der Waals surface area contributed by atoms with Gasteiger partial charge >= 0.3 is 0 Å². The number of carbonyl (C=O) groups excluding carboxylic acids is 1. The van der Waals surface area contributed by atoms with Crippen LogP contribution in [0.1, 0.15) is 71.8 Å². The Labute approximate surface area is 279 Å². The molecule has 0 bridgehead atoms. The molecule has 47 heavy (non-hydrogen) atoms. The van der Waals surface area contributed by atoms with Crippen LogP contribution in [0.2, 0.25) is 0 Å². The van der Waals surface area contributed by atoms with Crippen LogP contribution in [0.25, 0.3) is 0 Å². The van der Waals surface area contributed by atoms with Gasteiger partial charge in [-0.05, 0) is 99.7 Å². The van der Waals surface area contributed by atoms with Gasteiger partial charge in [0.05, 0.1) is 16.3 Å². The number of nitrogen functional groups attached to an aromatic ring is 1. The molecule has 0 saturated carbocycles. The number of aromatic nitrogens is 1. The van der Waals surface area contributed by atoms with Crippen LogP contribution >= 0.6 is 0 Å². The molecule has 0 fully saturated rings. The van der Waals surface area contributed by atoms with Crippen molar-refractivity contribution in [1.82, 2.24) is 14.2 Å². The lowest BCUT2D eigenvalue weighted by atomic mass is 9.74. The molecule has 0 saturated heterocycles. The van der Waals surface area contributed by atoms with Gasteiger partial charge in [-0.2, -0.15) is 0 Å². The first-order valence-electron chi connectivity index (χ1n) is 15.9. The number of hydrogen-bond donors (Lipinski definition) is 3. The first-order valence-corrected chi connectivity index (χ1v) is 17.1. The number of para-hydroxylation sites is 1. The van der Waals surface area contributed by atoms with Crippen LogP contribution in [0.4, 0.5) is 11.4 Å². The van der Waals surface area contributed by atoms with Gasteiger partial charge in [-0.1, -0.05) is 36.4 Å². The normalized spacial score (nSPS) is 17.3. The van der Waals surface area contributed by atoms with Gasteiger partial charge in [0, 0.05) is 44.3 Å². The van der Waals surface area contributed by atoms with E-state index in [1.807, 2.05) is 69.3 Å². The molecule has 1 aliphatic rings. The summed E-state index contributed by atoms with van der Waals surface area (Å²) in [5.74, 6) is -0.156. The Hall–Kier alpha value is -4.41. The number of nitrogens with two attached hydrogens (primary N) is 1. The first kappa shape index (κ1) is 33.9. The minimum atomic E-state index is -1.42. The zero-order valence-corrected chi connectivity index (χ0v) is 29.0. The van der Waals surface area contributed by atoms with Crippen molar-refractivity contribution in [2.75, 3.05) is 24.1 Å². The third-order valence-corrected chi connectivity index (χ3v) is 10.3. The van der Waals surface area contributed by atoms with Crippen molar-refractivity contribution >= 4 is 28.3 Å². The monoisotopic (exact) mass is 655 g/mol. The number of amides is 1. The minimum Gasteiger partial charge on any atom is -0.488 e. The van der Waals surface area contributed by atoms with Gasteiger partial charge in [-0.25, -0.2) is 8.51 Å². The molecule has 1 aliphatic heterocycles. The zero-order valence-electron chi connectivity index (χ0n) is 28.2. The third kappa shape index (κ3) is 6.99. The summed E-state index contributed by atoms with van der Waals surface area (Å²) in [4.78, 5) is 27.2. The molecule has 0 aliphatic carbocycles. The summed E-state index contributed by atoms with van der Waals surface area (Å²) in [6, 6.07) is 21.0. The van der Waals surface area contributed by atoms with E-state index in [2.05, 4.69) is 41.8 Å². The summed E-state index contributed by atoms with van der Waals surface area (Å²) in [5, 5.41) is 6.52. The maximum Gasteiger partial charge on any atom is 0.263 e. The van der Waals surface area contributed by atoms with Crippen molar-refractivity contribution in [2.24, 2.45) is 7.05 Å². The molecule has 4 aromatic rings. The smallest absolute Gasteiger partial charge is 0.263 e. The lowest BCUT2D eigenvalue weighted by Gasteiger charge is -2.38. The summed E-state index contributed by atoms with van der Waals surface area (Å²) >= 11 is 0. The van der Waals surface area contributed by atoms with Crippen molar-refractivity contribution < 1.29 is 13.7 Å². The van der Waals surface area contributed by atoms with Crippen molar-refractivity contribution in [3.8, 4) is 5.75 Å². The number of fused-ring (bicyclic) bond motifs is 1. The Morgan fingerprint density at radius 2 is 1.85 bits per heavy atom. The molecule has 4 N–H and O–H groups in total. The van der Waals surface area contributed by atoms with Crippen LogP contribution in [0.3, 0.4) is 0 Å². The number of anilines is 2. The fourth-order valence-corrected chi connectivity index (χ4v) is 7.75. The van der Waals surface area contributed by atoms with E-state index in [1.54, 1.807) is 25.4 Å². The van der Waals surface area contributed by atoms with Crippen LogP contribution in [-0.2, 0) is 24.6 Å². The quantitative estimate of drug-likeness (QED) is 0.200. The Balaban J connectivity index is 1.59. The van der Waals surface area contributed by atoms with E-state index in [0.717, 1.165) is 40.0 Å². The Kier molecular flexibility index (Phi) is 9.93. The van der Waals surface area contributed by atoms with Crippen LogP contribution in [0.5, 0.6) is 5.75 Å². The highest BCUT2D eigenvalue weighted by Crippen LogP contribution is 2.41. The maximum atomic E-state index is 13.8. The summed E-state index contributed by atoms with van der Waals surface area (Å²) in [7, 11) is 0.208. The standard InChI is InChI=1S/C37H45N5O4S/c1-8-39-30-18-17-28(25(4)34(30)38)33(37(5,6)40-35(43)29-12-11-19-41(7)36(29)44)26-16-15-23(2)27(20-26)22-42-21-24(3)46-31-13-9-10-14-32(31)47(42)45/h9-20,24,33,39H,8,21-22,38H2,1-7H3,(H,40,43)/t24-,33?,47?/m1/s1. The SMILES string of the molecule is CCNc1ccc(C(c2ccc(C)c(CN3C[C@@H](C)Oc4ccccc4S3=O)c2)C(C)(C)NC(=O)c2cccn(C)c2=O)c(C)c1N. The predicted molar refractivity (Wildman–Crippen MR) is 189 cm³/mol. The second kappa shape index (κ2) is 13.8. The fraction of sp³-hybridized carbons (Fsp3) is 0.351. The van der Waals surface area contributed by atoms with Crippen molar-refractivity contribution in [3.63, 3.8) is 0 Å². The van der Waals surface area contributed by atoms with Crippen molar-refractivity contribution in [2.45, 2.75) is 70.5 Å². The molecule has 3 atom stereocenters. The Morgan fingerprint density at radius 1 is 1.11 bits per heavy atom. The largest absolute Gasteiger partial charge is 0.488 e. The van der Waals surface area contributed by atoms with Gasteiger partial charge in [-0.15, -0.1) is 0 Å². The molecular weight excluding hydrogens is 611 g/mol. The molecule has 5 rings (SSSR count). The predicted octanol–water partition coefficient (Wildman–Crippen LogP) is 5.66. The number of ether oxygens (including phenoxy) is 1. The van der Waals surface area contributed by atoms with Crippen LogP contribution in [-0.4, -0.2) is 43.7 Å². The molecule has 1 amide bonds. The fourth-order valence-electron chi connectivity index (χ4n) is 6.38. The number of pyridine rings is 1. The number of rotatable bonds is 9. The zero-order chi connectivity index (χ0) is 34.0. The summed E-state index contributed by atoms with van der Waals surface area (Å²) in [6.07, 6.45) is 1.47. The molecule has 9 nitrogen and oxygen atoms in total. The number of aryl methyl sites for hydroxylation is 2. The number of carbonyl (C=O) groups is 1. The molecular formula is C37H45N5O4S. The van der Waals surface area contributed by atoms with E-state index in [0.29, 0.717) is 29.4 Å². The molecule has 0 radical (unpaired) electrons. The third-order valence-electron chi connectivity index (χ3n) is 8.87. The number of nitrogens with zero attached hydrogens (tertiary/aromatic N) is 2. The van der Waals surface area contributed by atoms with Gasteiger partial charge in [0.1, 0.15) is 28.4 Å². The van der Waals surface area contributed by atoms with Crippen LogP contribution < -0.4 is 26.7 Å². The number of hydrogen-bond acceptors (Lipinski definition) is 6. The second-order valence-corrected chi connectivity index (χ2v) is 14.3. The molecule has 10 heteroatoms. The van der Waals surface area contributed by atoms with E-state index >= 15 is 0 Å². The van der Waals surface area contributed by atoms with Crippen LogP contribution in [0, 0.1) is 13.8 Å². The lowest BCUT2D eigenvalue weighted by Crippen LogP contribution is -2.50. The second-order valence-electron chi connectivity index (χ2n) is 12.9. The van der Waals surface area contributed by atoms with E-state index in [9.17, 15) is 13.8 Å². The molecule has 0 spiro atoms. The first-order chi connectivity index (χ1) is 22.3. The van der Waals surface area contributed by atoms with Crippen molar-refractivity contribution in [3.05, 3.63) is 117 Å². The van der Waals surface area contributed by atoms with E-state index in [-0.39, 0.29) is 23.1 Å². The van der Waals surface area contributed by atoms with Gasteiger partial charge < -0.3 is 25.7 Å². The van der Waals surface area contributed by atoms with E-state index < -0.39 is 22.4 Å². The summed E-state index contributed by atoms with van der Waals surface area (Å²) in [5.41, 5.74) is 11.9. The summed E-state index contributed by atoms with van der Waals surface area (Å²) < 4.78 is 23.3. The summed E-state index contributed by atoms with van der Waals surface area (Å²) in [6.45, 7) is 13.7. The highest BCUT2D eigenvalue weighted by atomic mass is 32.2. The van der Waals surface area contributed by atoms with Gasteiger partial charge in [0.25, 0.3) is 11.5 Å². The topological polar surface area (TPSA) is 119 Å². The maximum absolute atomic E-state index is 13.8.